The van der Waals surface area contributed by atoms with Gasteiger partial charge in [0.15, 0.2) is 0 Å². The molecule has 1 amide bonds. The fourth-order valence-corrected chi connectivity index (χ4v) is 0.856. The number of rotatable bonds is 5. The first-order valence-corrected chi connectivity index (χ1v) is 3.74. The van der Waals surface area contributed by atoms with E-state index in [-0.39, 0.29) is 18.4 Å². The van der Waals surface area contributed by atoms with Crippen LogP contribution in [-0.4, -0.2) is 23.2 Å². The molecule has 0 heterocycles. The normalized spacial score (nSPS) is 15.9. The lowest BCUT2D eigenvalue weighted by atomic mass is 10.1. The first-order valence-electron chi connectivity index (χ1n) is 3.74. The van der Waals surface area contributed by atoms with Gasteiger partial charge in [0.05, 0.1) is 6.10 Å². The van der Waals surface area contributed by atoms with Crippen molar-refractivity contribution in [3.8, 4) is 0 Å². The number of aliphatic hydroxyl groups excluding tert-OH is 1. The van der Waals surface area contributed by atoms with E-state index in [4.69, 9.17) is 11.5 Å². The summed E-state index contributed by atoms with van der Waals surface area (Å²) in [5.74, 6) is -0.381. The standard InChI is InChI=1S/C7H16N2O2/c1-5(8)4-6(10)2-3-7(9)11/h5-6,10H,2-4,8H2,1H3,(H2,9,11). The molecule has 2 atom stereocenters. The molecule has 0 bridgehead atoms. The van der Waals surface area contributed by atoms with Crippen LogP contribution in [0.2, 0.25) is 0 Å². The third-order valence-electron chi connectivity index (χ3n) is 1.37. The number of amides is 1. The van der Waals surface area contributed by atoms with Crippen LogP contribution in [0.3, 0.4) is 0 Å². The number of carbonyl (C=O) groups excluding carboxylic acids is 1. The second-order valence-corrected chi connectivity index (χ2v) is 2.87. The summed E-state index contributed by atoms with van der Waals surface area (Å²) in [7, 11) is 0. The van der Waals surface area contributed by atoms with Crippen LogP contribution >= 0.6 is 0 Å². The third-order valence-corrected chi connectivity index (χ3v) is 1.37. The molecule has 0 aliphatic heterocycles. The third kappa shape index (κ3) is 7.29. The summed E-state index contributed by atoms with van der Waals surface area (Å²) in [6, 6.07) is -0.0297. The second-order valence-electron chi connectivity index (χ2n) is 2.87. The van der Waals surface area contributed by atoms with Gasteiger partial charge in [-0.25, -0.2) is 0 Å². The van der Waals surface area contributed by atoms with Crippen molar-refractivity contribution in [1.82, 2.24) is 0 Å². The van der Waals surface area contributed by atoms with Crippen LogP contribution in [0.1, 0.15) is 26.2 Å². The zero-order valence-corrected chi connectivity index (χ0v) is 6.79. The first kappa shape index (κ1) is 10.4. The van der Waals surface area contributed by atoms with Gasteiger partial charge in [0.1, 0.15) is 0 Å². The molecule has 0 saturated carbocycles. The predicted molar refractivity (Wildman–Crippen MR) is 42.7 cm³/mol. The van der Waals surface area contributed by atoms with E-state index in [0.29, 0.717) is 12.8 Å². The van der Waals surface area contributed by atoms with E-state index in [9.17, 15) is 9.90 Å². The zero-order valence-electron chi connectivity index (χ0n) is 6.79. The largest absolute Gasteiger partial charge is 0.393 e. The topological polar surface area (TPSA) is 89.3 Å². The van der Waals surface area contributed by atoms with E-state index in [0.717, 1.165) is 0 Å². The summed E-state index contributed by atoms with van der Waals surface area (Å²) >= 11 is 0. The molecule has 0 aromatic rings. The summed E-state index contributed by atoms with van der Waals surface area (Å²) in [5, 5.41) is 9.18. The Balaban J connectivity index is 3.37. The van der Waals surface area contributed by atoms with Crippen molar-refractivity contribution in [3.05, 3.63) is 0 Å². The van der Waals surface area contributed by atoms with Crippen molar-refractivity contribution in [3.63, 3.8) is 0 Å². The van der Waals surface area contributed by atoms with Gasteiger partial charge in [0.2, 0.25) is 5.91 Å². The molecular weight excluding hydrogens is 144 g/mol. The van der Waals surface area contributed by atoms with Gasteiger partial charge in [0.25, 0.3) is 0 Å². The maximum atomic E-state index is 10.3. The zero-order chi connectivity index (χ0) is 8.85. The molecule has 0 radical (unpaired) electrons. The summed E-state index contributed by atoms with van der Waals surface area (Å²) in [6.07, 6.45) is 0.667. The molecule has 0 spiro atoms. The molecule has 0 rings (SSSR count). The second kappa shape index (κ2) is 5.09. The van der Waals surface area contributed by atoms with Crippen LogP contribution in [0.5, 0.6) is 0 Å². The minimum Gasteiger partial charge on any atom is -0.393 e. The minimum atomic E-state index is -0.498. The summed E-state index contributed by atoms with van der Waals surface area (Å²) in [4.78, 5) is 10.3. The summed E-state index contributed by atoms with van der Waals surface area (Å²) < 4.78 is 0. The van der Waals surface area contributed by atoms with Crippen LogP contribution in [0.25, 0.3) is 0 Å². The van der Waals surface area contributed by atoms with Gasteiger partial charge in [0, 0.05) is 12.5 Å². The Morgan fingerprint density at radius 1 is 1.64 bits per heavy atom. The SMILES string of the molecule is CC(N)CC(O)CCC(N)=O. The Labute approximate surface area is 66.6 Å². The monoisotopic (exact) mass is 160 g/mol. The highest BCUT2D eigenvalue weighted by molar-refractivity contribution is 5.73. The van der Waals surface area contributed by atoms with Crippen LogP contribution < -0.4 is 11.5 Å². The van der Waals surface area contributed by atoms with Crippen LogP contribution in [0, 0.1) is 0 Å². The Morgan fingerprint density at radius 2 is 2.18 bits per heavy atom. The minimum absolute atomic E-state index is 0.0297. The van der Waals surface area contributed by atoms with Crippen LogP contribution in [0.15, 0.2) is 0 Å². The summed E-state index contributed by atoms with van der Waals surface area (Å²) in [6.45, 7) is 1.81. The molecule has 0 aromatic heterocycles. The van der Waals surface area contributed by atoms with Gasteiger partial charge < -0.3 is 16.6 Å². The molecule has 11 heavy (non-hydrogen) atoms. The van der Waals surface area contributed by atoms with Gasteiger partial charge in [-0.1, -0.05) is 0 Å². The van der Waals surface area contributed by atoms with Gasteiger partial charge in [-0.2, -0.15) is 0 Å². The van der Waals surface area contributed by atoms with Crippen molar-refractivity contribution in [2.24, 2.45) is 11.5 Å². The average molecular weight is 160 g/mol. The lowest BCUT2D eigenvalue weighted by Gasteiger charge is -2.11. The fraction of sp³-hybridized carbons (Fsp3) is 0.857. The molecular formula is C7H16N2O2. The van der Waals surface area contributed by atoms with E-state index < -0.39 is 6.10 Å². The lowest BCUT2D eigenvalue weighted by Crippen LogP contribution is -2.24. The molecule has 0 aliphatic rings. The Hall–Kier alpha value is -0.610. The highest BCUT2D eigenvalue weighted by atomic mass is 16.3. The first-order chi connectivity index (χ1) is 5.02. The molecule has 0 aromatic carbocycles. The summed E-state index contributed by atoms with van der Waals surface area (Å²) in [5.41, 5.74) is 10.3. The molecule has 66 valence electrons. The Morgan fingerprint density at radius 3 is 2.55 bits per heavy atom. The van der Waals surface area contributed by atoms with Gasteiger partial charge in [-0.15, -0.1) is 0 Å². The van der Waals surface area contributed by atoms with Crippen molar-refractivity contribution in [2.45, 2.75) is 38.3 Å². The fourth-order valence-electron chi connectivity index (χ4n) is 0.856. The maximum Gasteiger partial charge on any atom is 0.217 e. The molecule has 4 heteroatoms. The average Bonchev–Trinajstić information content (AvgIpc) is 1.82. The van der Waals surface area contributed by atoms with Crippen molar-refractivity contribution in [2.75, 3.05) is 0 Å². The number of aliphatic hydroxyl groups is 1. The molecule has 0 fully saturated rings. The lowest BCUT2D eigenvalue weighted by molar-refractivity contribution is -0.118. The predicted octanol–water partition coefficient (Wildman–Crippen LogP) is -0.650. The van der Waals surface area contributed by atoms with Crippen molar-refractivity contribution in [1.29, 1.82) is 0 Å². The Bertz CT molecular complexity index is 126. The van der Waals surface area contributed by atoms with E-state index in [2.05, 4.69) is 0 Å². The van der Waals surface area contributed by atoms with Gasteiger partial charge in [-0.3, -0.25) is 4.79 Å². The molecule has 0 aliphatic carbocycles. The number of carbonyl (C=O) groups is 1. The van der Waals surface area contributed by atoms with Gasteiger partial charge in [-0.05, 0) is 19.8 Å². The van der Waals surface area contributed by atoms with E-state index in [1.165, 1.54) is 0 Å². The van der Waals surface area contributed by atoms with Crippen LogP contribution in [0.4, 0.5) is 0 Å². The number of hydrogen-bond donors (Lipinski definition) is 3. The van der Waals surface area contributed by atoms with E-state index >= 15 is 0 Å². The molecule has 5 N–H and O–H groups in total. The maximum absolute atomic E-state index is 10.3. The molecule has 2 unspecified atom stereocenters. The van der Waals surface area contributed by atoms with Gasteiger partial charge >= 0.3 is 0 Å². The number of nitrogens with two attached hydrogens (primary N) is 2. The van der Waals surface area contributed by atoms with E-state index in [1.54, 1.807) is 0 Å². The number of hydrogen-bond acceptors (Lipinski definition) is 3. The Kier molecular flexibility index (Phi) is 4.81. The number of primary amides is 1. The smallest absolute Gasteiger partial charge is 0.217 e. The highest BCUT2D eigenvalue weighted by Crippen LogP contribution is 2.02. The van der Waals surface area contributed by atoms with E-state index in [1.807, 2.05) is 6.92 Å². The van der Waals surface area contributed by atoms with Crippen LogP contribution in [-0.2, 0) is 4.79 Å². The molecule has 4 nitrogen and oxygen atoms in total. The quantitative estimate of drug-likeness (QED) is 0.499. The highest BCUT2D eigenvalue weighted by Gasteiger charge is 2.07. The molecule has 0 saturated heterocycles. The van der Waals surface area contributed by atoms with Crippen molar-refractivity contribution >= 4 is 5.91 Å². The van der Waals surface area contributed by atoms with Crippen molar-refractivity contribution < 1.29 is 9.90 Å².